The van der Waals surface area contributed by atoms with Crippen LogP contribution in [0.4, 0.5) is 0 Å². The molecular weight excluding hydrogens is 512 g/mol. The Kier molecular flexibility index (Phi) is 6.42. The molecule has 2 aromatic carbocycles. The highest BCUT2D eigenvalue weighted by Gasteiger charge is 2.31. The van der Waals surface area contributed by atoms with Crippen molar-refractivity contribution in [3.63, 3.8) is 0 Å². The molecule has 11 nitrogen and oxygen atoms in total. The van der Waals surface area contributed by atoms with Gasteiger partial charge in [0.05, 0.1) is 41.2 Å². The first kappa shape index (κ1) is 24.3. The number of fused-ring (bicyclic) bond motifs is 1. The van der Waals surface area contributed by atoms with Crippen molar-refractivity contribution in [2.75, 3.05) is 13.2 Å². The standard InChI is InChI=1S/C26H23ClN6O5/c27-19-10-20-24(31-26(29-20)38-18-9-21(35)22(11-34)37-12-18)30-23(19)16-3-1-14(2-4-16)15-5-7-17(8-6-15)33-13-28-25(36)32-33/h1-8,10,13,18,21-22,34-35H,9,11-12H2,(H,32,36)(H,29,30,31)/t18-,21+,22-/m1/s1. The number of pyridine rings is 1. The molecule has 0 spiro atoms. The number of benzene rings is 2. The van der Waals surface area contributed by atoms with E-state index < -0.39 is 24.0 Å². The maximum absolute atomic E-state index is 11.3. The van der Waals surface area contributed by atoms with E-state index in [0.717, 1.165) is 22.4 Å². The van der Waals surface area contributed by atoms with Crippen molar-refractivity contribution in [3.05, 3.63) is 76.4 Å². The van der Waals surface area contributed by atoms with Gasteiger partial charge in [-0.15, -0.1) is 0 Å². The molecule has 0 radical (unpaired) electrons. The average molecular weight is 535 g/mol. The lowest BCUT2D eigenvalue weighted by Gasteiger charge is -2.31. The second-order valence-corrected chi connectivity index (χ2v) is 9.39. The molecule has 0 unspecified atom stereocenters. The summed E-state index contributed by atoms with van der Waals surface area (Å²) in [5.74, 6) is 0. The van der Waals surface area contributed by atoms with Gasteiger partial charge < -0.3 is 24.7 Å². The third-order valence-electron chi connectivity index (χ3n) is 6.44. The van der Waals surface area contributed by atoms with Crippen molar-refractivity contribution in [2.24, 2.45) is 0 Å². The topological polar surface area (TPSA) is 151 Å². The van der Waals surface area contributed by atoms with Crippen molar-refractivity contribution in [3.8, 4) is 34.1 Å². The zero-order valence-electron chi connectivity index (χ0n) is 19.9. The Hall–Kier alpha value is -4.03. The quantitative estimate of drug-likeness (QED) is 0.259. The van der Waals surface area contributed by atoms with Crippen LogP contribution in [0.1, 0.15) is 6.42 Å². The lowest BCUT2D eigenvalue weighted by atomic mass is 10.0. The molecule has 1 fully saturated rings. The molecule has 6 rings (SSSR count). The van der Waals surface area contributed by atoms with Crippen molar-refractivity contribution < 1.29 is 19.7 Å². The molecule has 194 valence electrons. The van der Waals surface area contributed by atoms with Gasteiger partial charge in [-0.25, -0.2) is 19.6 Å². The molecule has 4 heterocycles. The van der Waals surface area contributed by atoms with Crippen molar-refractivity contribution in [1.29, 1.82) is 0 Å². The van der Waals surface area contributed by atoms with Crippen LogP contribution in [0.15, 0.2) is 65.7 Å². The highest BCUT2D eigenvalue weighted by molar-refractivity contribution is 6.33. The molecule has 0 aliphatic carbocycles. The van der Waals surface area contributed by atoms with Gasteiger partial charge in [0.15, 0.2) is 5.65 Å². The van der Waals surface area contributed by atoms with E-state index in [0.29, 0.717) is 28.3 Å². The van der Waals surface area contributed by atoms with Crippen LogP contribution in [0.3, 0.4) is 0 Å². The average Bonchev–Trinajstić information content (AvgIpc) is 3.53. The maximum atomic E-state index is 11.3. The van der Waals surface area contributed by atoms with Gasteiger partial charge in [0.25, 0.3) is 6.01 Å². The van der Waals surface area contributed by atoms with Gasteiger partial charge in [0, 0.05) is 12.0 Å². The van der Waals surface area contributed by atoms with Crippen LogP contribution in [0.5, 0.6) is 6.01 Å². The van der Waals surface area contributed by atoms with Crippen LogP contribution in [-0.4, -0.2) is 71.5 Å². The minimum atomic E-state index is -0.814. The molecule has 3 atom stereocenters. The largest absolute Gasteiger partial charge is 0.459 e. The number of hydrogen-bond donors (Lipinski definition) is 4. The van der Waals surface area contributed by atoms with E-state index in [2.05, 4.69) is 25.0 Å². The Balaban J connectivity index is 1.20. The molecule has 0 bridgehead atoms. The summed E-state index contributed by atoms with van der Waals surface area (Å²) in [5.41, 5.74) is 4.90. The van der Waals surface area contributed by atoms with E-state index in [-0.39, 0.29) is 19.2 Å². The molecule has 0 amide bonds. The van der Waals surface area contributed by atoms with Gasteiger partial charge in [-0.05, 0) is 29.3 Å². The van der Waals surface area contributed by atoms with Gasteiger partial charge in [0.2, 0.25) is 0 Å². The molecule has 5 aromatic rings. The molecule has 1 aliphatic rings. The summed E-state index contributed by atoms with van der Waals surface area (Å²) in [6.07, 6.45) is -0.0678. The molecular formula is C26H23ClN6O5. The Morgan fingerprint density at radius 3 is 2.45 bits per heavy atom. The Morgan fingerprint density at radius 2 is 1.79 bits per heavy atom. The number of imidazole rings is 1. The second kappa shape index (κ2) is 10.0. The van der Waals surface area contributed by atoms with Gasteiger partial charge >= 0.3 is 5.69 Å². The summed E-state index contributed by atoms with van der Waals surface area (Å²) in [6, 6.07) is 17.6. The van der Waals surface area contributed by atoms with Crippen LogP contribution in [0, 0.1) is 0 Å². The first-order valence-electron chi connectivity index (χ1n) is 11.9. The molecule has 1 aliphatic heterocycles. The Bertz CT molecular complexity index is 1630. The fourth-order valence-electron chi connectivity index (χ4n) is 4.44. The van der Waals surface area contributed by atoms with Gasteiger partial charge in [-0.3, -0.25) is 0 Å². The van der Waals surface area contributed by atoms with E-state index in [1.54, 1.807) is 10.7 Å². The second-order valence-electron chi connectivity index (χ2n) is 8.98. The summed E-state index contributed by atoms with van der Waals surface area (Å²) < 4.78 is 12.9. The molecule has 1 saturated heterocycles. The molecule has 3 aromatic heterocycles. The van der Waals surface area contributed by atoms with E-state index in [1.807, 2.05) is 48.5 Å². The lowest BCUT2D eigenvalue weighted by molar-refractivity contribution is -0.131. The number of rotatable bonds is 6. The number of nitrogens with one attached hydrogen (secondary N) is 2. The summed E-state index contributed by atoms with van der Waals surface area (Å²) in [5, 5.41) is 22.4. The first-order chi connectivity index (χ1) is 18.5. The minimum Gasteiger partial charge on any atom is -0.459 e. The summed E-state index contributed by atoms with van der Waals surface area (Å²) in [6.45, 7) is -0.0107. The van der Waals surface area contributed by atoms with Crippen molar-refractivity contribution in [1.82, 2.24) is 29.7 Å². The van der Waals surface area contributed by atoms with E-state index in [4.69, 9.17) is 21.1 Å². The van der Waals surface area contributed by atoms with E-state index in [9.17, 15) is 15.0 Å². The molecule has 38 heavy (non-hydrogen) atoms. The number of aromatic amines is 2. The highest BCUT2D eigenvalue weighted by Crippen LogP contribution is 2.31. The lowest BCUT2D eigenvalue weighted by Crippen LogP contribution is -2.45. The van der Waals surface area contributed by atoms with E-state index in [1.165, 1.54) is 6.33 Å². The third kappa shape index (κ3) is 4.79. The minimum absolute atomic E-state index is 0.233. The smallest absolute Gasteiger partial charge is 0.361 e. The summed E-state index contributed by atoms with van der Waals surface area (Å²) in [4.78, 5) is 27.1. The fraction of sp³-hybridized carbons (Fsp3) is 0.231. The molecule has 12 heteroatoms. The number of aliphatic hydroxyl groups excluding tert-OH is 2. The van der Waals surface area contributed by atoms with Crippen LogP contribution < -0.4 is 10.4 Å². The Labute approximate surface area is 220 Å². The van der Waals surface area contributed by atoms with Crippen LogP contribution in [0.2, 0.25) is 5.02 Å². The number of hydrogen-bond acceptors (Lipinski definition) is 8. The molecule has 4 N–H and O–H groups in total. The van der Waals surface area contributed by atoms with Crippen molar-refractivity contribution in [2.45, 2.75) is 24.7 Å². The van der Waals surface area contributed by atoms with Gasteiger partial charge in [-0.1, -0.05) is 48.0 Å². The predicted molar refractivity (Wildman–Crippen MR) is 139 cm³/mol. The van der Waals surface area contributed by atoms with E-state index >= 15 is 0 Å². The van der Waals surface area contributed by atoms with Gasteiger partial charge in [-0.2, -0.15) is 9.97 Å². The highest BCUT2D eigenvalue weighted by atomic mass is 35.5. The Morgan fingerprint density at radius 1 is 1.08 bits per heavy atom. The normalized spacial score (nSPS) is 19.6. The van der Waals surface area contributed by atoms with Crippen molar-refractivity contribution >= 4 is 22.8 Å². The van der Waals surface area contributed by atoms with Crippen LogP contribution >= 0.6 is 11.6 Å². The fourth-order valence-corrected chi connectivity index (χ4v) is 4.70. The molecule has 0 saturated carbocycles. The number of H-pyrrole nitrogens is 2. The van der Waals surface area contributed by atoms with Gasteiger partial charge in [0.1, 0.15) is 18.5 Å². The number of aromatic nitrogens is 6. The zero-order chi connectivity index (χ0) is 26.2. The zero-order valence-corrected chi connectivity index (χ0v) is 20.7. The summed E-state index contributed by atoms with van der Waals surface area (Å²) >= 11 is 6.56. The number of nitrogens with zero attached hydrogens (tertiary/aromatic N) is 4. The summed E-state index contributed by atoms with van der Waals surface area (Å²) in [7, 11) is 0. The number of halogens is 1. The SMILES string of the molecule is O=c1ncn(-c2ccc(-c3ccc(-c4nc5nc(O[C@H]6CO[C@H](CO)[C@@H](O)C6)[nH]c5cc4Cl)cc3)cc2)[nH]1. The predicted octanol–water partition coefficient (Wildman–Crippen LogP) is 2.71. The number of aliphatic hydroxyl groups is 2. The first-order valence-corrected chi connectivity index (χ1v) is 12.3. The van der Waals surface area contributed by atoms with Crippen LogP contribution in [0.25, 0.3) is 39.2 Å². The monoisotopic (exact) mass is 534 g/mol. The maximum Gasteiger partial charge on any atom is 0.361 e. The van der Waals surface area contributed by atoms with Crippen LogP contribution in [-0.2, 0) is 4.74 Å². The third-order valence-corrected chi connectivity index (χ3v) is 6.72. The number of ether oxygens (including phenoxy) is 2.